The third-order valence-electron chi connectivity index (χ3n) is 2.16. The average molecular weight is 290 g/mol. The number of nitrogens with one attached hydrogen (secondary N) is 1. The summed E-state index contributed by atoms with van der Waals surface area (Å²) in [6.07, 6.45) is 0. The molecule has 1 rings (SSSR count). The minimum Gasteiger partial charge on any atom is -0.313 e. The van der Waals surface area contributed by atoms with Crippen LogP contribution < -0.4 is 5.32 Å². The van der Waals surface area contributed by atoms with Crippen LogP contribution in [0.5, 0.6) is 0 Å². The number of hydrogen-bond acceptors (Lipinski definition) is 6. The first-order chi connectivity index (χ1) is 7.61. The normalized spacial score (nSPS) is 31.1. The second kappa shape index (κ2) is 5.44. The van der Waals surface area contributed by atoms with Crippen LogP contribution in [0.2, 0.25) is 0 Å². The van der Waals surface area contributed by atoms with E-state index in [1.165, 1.54) is 5.06 Å². The fourth-order valence-corrected chi connectivity index (χ4v) is 3.30. The molecule has 1 saturated heterocycles. The fraction of sp³-hybridized carbons (Fsp3) is 1.00. The van der Waals surface area contributed by atoms with Gasteiger partial charge in [-0.1, -0.05) is 0 Å². The zero-order valence-corrected chi connectivity index (χ0v) is 11.2. The zero-order chi connectivity index (χ0) is 13.3. The fourth-order valence-electron chi connectivity index (χ4n) is 1.54. The topological polar surface area (TPSA) is 129 Å². The lowest BCUT2D eigenvalue weighted by Gasteiger charge is -2.37. The largest absolute Gasteiger partial charge is 0.497 e. The highest BCUT2D eigenvalue weighted by Crippen LogP contribution is 2.58. The molecule has 17 heavy (non-hydrogen) atoms. The van der Waals surface area contributed by atoms with E-state index in [-0.39, 0.29) is 12.1 Å². The lowest BCUT2D eigenvalue weighted by atomic mass is 10.2. The number of hydroxylamine groups is 2. The Morgan fingerprint density at radius 2 is 1.65 bits per heavy atom. The van der Waals surface area contributed by atoms with Crippen LogP contribution in [0.25, 0.3) is 0 Å². The van der Waals surface area contributed by atoms with Gasteiger partial charge in [0.1, 0.15) is 0 Å². The van der Waals surface area contributed by atoms with Crippen molar-refractivity contribution in [1.29, 1.82) is 0 Å². The van der Waals surface area contributed by atoms with E-state index in [9.17, 15) is 14.0 Å². The van der Waals surface area contributed by atoms with Gasteiger partial charge < -0.3 is 20.0 Å². The van der Waals surface area contributed by atoms with Crippen molar-refractivity contribution in [2.75, 3.05) is 13.1 Å². The lowest BCUT2D eigenvalue weighted by Crippen LogP contribution is -2.54. The SMILES string of the molecule is CC1CNCC(C)N1OP(=O)(O)OP(=O)(O)O. The number of piperazine rings is 1. The predicted molar refractivity (Wildman–Crippen MR) is 57.7 cm³/mol. The van der Waals surface area contributed by atoms with Crippen LogP contribution in [0.4, 0.5) is 0 Å². The molecule has 11 heteroatoms. The van der Waals surface area contributed by atoms with Gasteiger partial charge in [-0.3, -0.25) is 0 Å². The zero-order valence-electron chi connectivity index (χ0n) is 9.39. The van der Waals surface area contributed by atoms with Crippen molar-refractivity contribution < 1.29 is 32.7 Å². The molecule has 3 unspecified atom stereocenters. The van der Waals surface area contributed by atoms with Gasteiger partial charge in [-0.2, -0.15) is 14.0 Å². The van der Waals surface area contributed by atoms with Gasteiger partial charge in [0, 0.05) is 25.2 Å². The molecule has 0 saturated carbocycles. The Morgan fingerprint density at radius 3 is 2.06 bits per heavy atom. The van der Waals surface area contributed by atoms with E-state index in [0.717, 1.165) is 0 Å². The number of rotatable bonds is 4. The summed E-state index contributed by atoms with van der Waals surface area (Å²) in [6, 6.07) is -0.445. The second-order valence-electron chi connectivity index (χ2n) is 3.84. The van der Waals surface area contributed by atoms with Crippen LogP contribution in [-0.2, 0) is 18.1 Å². The smallest absolute Gasteiger partial charge is 0.313 e. The molecule has 4 N–H and O–H groups in total. The third kappa shape index (κ3) is 5.13. The van der Waals surface area contributed by atoms with Crippen molar-refractivity contribution >= 4 is 15.6 Å². The molecule has 102 valence electrons. The summed E-state index contributed by atoms with van der Waals surface area (Å²) in [7, 11) is -9.90. The number of nitrogens with zero attached hydrogens (tertiary/aromatic N) is 1. The molecule has 0 aromatic rings. The molecule has 3 atom stereocenters. The summed E-state index contributed by atoms with van der Waals surface area (Å²) in [4.78, 5) is 26.1. The van der Waals surface area contributed by atoms with Crippen molar-refractivity contribution in [3.63, 3.8) is 0 Å². The predicted octanol–water partition coefficient (Wildman–Crippen LogP) is -0.190. The molecule has 0 aromatic heterocycles. The monoisotopic (exact) mass is 290 g/mol. The standard InChI is InChI=1S/C6H16N2O7P2/c1-5-3-7-4-6(2)8(5)14-17(12,13)15-16(9,10)11/h5-7H,3-4H2,1-2H3,(H,12,13)(H2,9,10,11). The summed E-state index contributed by atoms with van der Waals surface area (Å²) in [5, 5.41) is 4.26. The maximum atomic E-state index is 11.3. The second-order valence-corrected chi connectivity index (χ2v) is 6.57. The van der Waals surface area contributed by atoms with Crippen LogP contribution in [0.1, 0.15) is 13.8 Å². The molecule has 0 radical (unpaired) electrons. The van der Waals surface area contributed by atoms with Crippen molar-refractivity contribution in [1.82, 2.24) is 10.4 Å². The van der Waals surface area contributed by atoms with E-state index in [2.05, 4.69) is 14.3 Å². The number of phosphoric acid groups is 2. The molecular formula is C6H16N2O7P2. The average Bonchev–Trinajstić information content (AvgIpc) is 2.07. The third-order valence-corrected chi connectivity index (χ3v) is 4.23. The van der Waals surface area contributed by atoms with Gasteiger partial charge >= 0.3 is 15.6 Å². The Morgan fingerprint density at radius 1 is 1.18 bits per heavy atom. The maximum absolute atomic E-state index is 11.3. The van der Waals surface area contributed by atoms with Gasteiger partial charge in [-0.15, -0.1) is 0 Å². The summed E-state index contributed by atoms with van der Waals surface area (Å²) in [5.41, 5.74) is 0. The van der Waals surface area contributed by atoms with Gasteiger partial charge in [-0.25, -0.2) is 9.13 Å². The van der Waals surface area contributed by atoms with E-state index in [1.54, 1.807) is 13.8 Å². The van der Waals surface area contributed by atoms with Gasteiger partial charge in [0.15, 0.2) is 0 Å². The van der Waals surface area contributed by atoms with Crippen molar-refractivity contribution in [3.8, 4) is 0 Å². The van der Waals surface area contributed by atoms with Crippen LogP contribution in [0.3, 0.4) is 0 Å². The Kier molecular flexibility index (Phi) is 4.88. The molecule has 0 spiro atoms. The molecule has 1 heterocycles. The van der Waals surface area contributed by atoms with E-state index in [4.69, 9.17) is 9.79 Å². The molecule has 9 nitrogen and oxygen atoms in total. The van der Waals surface area contributed by atoms with Gasteiger partial charge in [0.25, 0.3) is 0 Å². The van der Waals surface area contributed by atoms with E-state index in [0.29, 0.717) is 13.1 Å². The first-order valence-corrected chi connectivity index (χ1v) is 7.92. The highest BCUT2D eigenvalue weighted by molar-refractivity contribution is 7.60. The van der Waals surface area contributed by atoms with Crippen LogP contribution in [0, 0.1) is 0 Å². The van der Waals surface area contributed by atoms with E-state index in [1.807, 2.05) is 0 Å². The molecular weight excluding hydrogens is 274 g/mol. The maximum Gasteiger partial charge on any atom is 0.497 e. The van der Waals surface area contributed by atoms with Crippen LogP contribution in [-0.4, -0.2) is 44.9 Å². The van der Waals surface area contributed by atoms with Gasteiger partial charge in [0.2, 0.25) is 0 Å². The van der Waals surface area contributed by atoms with Crippen molar-refractivity contribution in [3.05, 3.63) is 0 Å². The highest BCUT2D eigenvalue weighted by Gasteiger charge is 2.38. The Hall–Kier alpha value is 0.180. The van der Waals surface area contributed by atoms with Crippen molar-refractivity contribution in [2.24, 2.45) is 0 Å². The van der Waals surface area contributed by atoms with Crippen molar-refractivity contribution in [2.45, 2.75) is 25.9 Å². The Labute approximate surface area is 98.5 Å². The number of hydrogen-bond donors (Lipinski definition) is 4. The molecule has 1 aliphatic rings. The first kappa shape index (κ1) is 15.2. The van der Waals surface area contributed by atoms with Crippen LogP contribution >= 0.6 is 15.6 Å². The summed E-state index contributed by atoms with van der Waals surface area (Å²) in [6.45, 7) is 4.53. The molecule has 0 aliphatic carbocycles. The lowest BCUT2D eigenvalue weighted by molar-refractivity contribution is -0.147. The first-order valence-electron chi connectivity index (χ1n) is 4.89. The Bertz CT molecular complexity index is 348. The molecule has 1 aliphatic heterocycles. The van der Waals surface area contributed by atoms with E-state index < -0.39 is 15.6 Å². The van der Waals surface area contributed by atoms with Crippen LogP contribution in [0.15, 0.2) is 0 Å². The summed E-state index contributed by atoms with van der Waals surface area (Å²) < 4.78 is 30.2. The van der Waals surface area contributed by atoms with E-state index >= 15 is 0 Å². The summed E-state index contributed by atoms with van der Waals surface area (Å²) >= 11 is 0. The molecule has 0 aromatic carbocycles. The molecule has 0 bridgehead atoms. The quantitative estimate of drug-likeness (QED) is 0.520. The Balaban J connectivity index is 2.68. The van der Waals surface area contributed by atoms with Gasteiger partial charge in [-0.05, 0) is 13.8 Å². The minimum absolute atomic E-state index is 0.223. The minimum atomic E-state index is -5.07. The molecule has 0 amide bonds. The summed E-state index contributed by atoms with van der Waals surface area (Å²) in [5.74, 6) is 0. The van der Waals surface area contributed by atoms with Gasteiger partial charge in [0.05, 0.1) is 0 Å². The molecule has 1 fully saturated rings. The highest BCUT2D eigenvalue weighted by atomic mass is 31.3.